The van der Waals surface area contributed by atoms with Gasteiger partial charge >= 0.3 is 6.09 Å². The monoisotopic (exact) mass is 402 g/mol. The Morgan fingerprint density at radius 1 is 1.21 bits per heavy atom. The van der Waals surface area contributed by atoms with Crippen LogP contribution in [0.4, 0.5) is 10.5 Å². The molecule has 1 aromatic heterocycles. The van der Waals surface area contributed by atoms with Crippen molar-refractivity contribution < 1.29 is 9.53 Å². The zero-order valence-electron chi connectivity index (χ0n) is 16.9. The molecule has 0 radical (unpaired) electrons. The largest absolute Gasteiger partial charge is 0.444 e. The van der Waals surface area contributed by atoms with Gasteiger partial charge in [-0.05, 0) is 57.7 Å². The number of hydrogen-bond acceptors (Lipinski definition) is 6. The summed E-state index contributed by atoms with van der Waals surface area (Å²) in [5.41, 5.74) is 7.04. The highest BCUT2D eigenvalue weighted by Crippen LogP contribution is 2.35. The molecule has 1 aliphatic carbocycles. The molecular formula is C21H30N4O2S. The van der Waals surface area contributed by atoms with Gasteiger partial charge in [-0.15, -0.1) is 10.2 Å². The minimum absolute atomic E-state index is 0.284. The molecule has 1 fully saturated rings. The van der Waals surface area contributed by atoms with Crippen LogP contribution in [0.25, 0.3) is 0 Å². The minimum Gasteiger partial charge on any atom is -0.444 e. The van der Waals surface area contributed by atoms with E-state index in [-0.39, 0.29) is 6.04 Å². The summed E-state index contributed by atoms with van der Waals surface area (Å²) in [6.07, 6.45) is 6.34. The molecule has 0 unspecified atom stereocenters. The fraction of sp³-hybridized carbons (Fsp3) is 0.571. The van der Waals surface area contributed by atoms with Gasteiger partial charge in [0.25, 0.3) is 0 Å². The fourth-order valence-electron chi connectivity index (χ4n) is 3.44. The van der Waals surface area contributed by atoms with Crippen molar-refractivity contribution in [3.63, 3.8) is 0 Å². The van der Waals surface area contributed by atoms with E-state index in [4.69, 9.17) is 10.5 Å². The van der Waals surface area contributed by atoms with Crippen molar-refractivity contribution in [2.24, 2.45) is 0 Å². The molecular weight excluding hydrogens is 372 g/mol. The average molecular weight is 403 g/mol. The number of anilines is 1. The second kappa shape index (κ2) is 8.90. The molecule has 0 spiro atoms. The third kappa shape index (κ3) is 5.92. The summed E-state index contributed by atoms with van der Waals surface area (Å²) in [5.74, 6) is 0.499. The lowest BCUT2D eigenvalue weighted by atomic mass is 9.90. The molecule has 0 saturated heterocycles. The van der Waals surface area contributed by atoms with Gasteiger partial charge in [0, 0.05) is 11.6 Å². The van der Waals surface area contributed by atoms with Crippen molar-refractivity contribution in [3.8, 4) is 0 Å². The average Bonchev–Trinajstić information content (AvgIpc) is 3.12. The van der Waals surface area contributed by atoms with Crippen LogP contribution in [-0.2, 0) is 11.2 Å². The van der Waals surface area contributed by atoms with E-state index in [2.05, 4.69) is 15.5 Å². The summed E-state index contributed by atoms with van der Waals surface area (Å²) < 4.78 is 5.46. The van der Waals surface area contributed by atoms with Crippen LogP contribution in [0, 0.1) is 0 Å². The highest BCUT2D eigenvalue weighted by Gasteiger charge is 2.26. The third-order valence-electron chi connectivity index (χ3n) is 4.82. The Labute approximate surface area is 170 Å². The van der Waals surface area contributed by atoms with E-state index in [0.717, 1.165) is 21.3 Å². The van der Waals surface area contributed by atoms with E-state index < -0.39 is 11.7 Å². The normalized spacial score (nSPS) is 16.5. The van der Waals surface area contributed by atoms with Gasteiger partial charge in [-0.2, -0.15) is 0 Å². The highest BCUT2D eigenvalue weighted by molar-refractivity contribution is 7.11. The molecule has 1 heterocycles. The number of benzene rings is 1. The minimum atomic E-state index is -0.551. The van der Waals surface area contributed by atoms with Crippen LogP contribution in [0.3, 0.4) is 0 Å². The number of rotatable bonds is 5. The molecule has 6 nitrogen and oxygen atoms in total. The highest BCUT2D eigenvalue weighted by atomic mass is 32.1. The van der Waals surface area contributed by atoms with E-state index >= 15 is 0 Å². The van der Waals surface area contributed by atoms with Crippen molar-refractivity contribution in [1.29, 1.82) is 0 Å². The summed E-state index contributed by atoms with van der Waals surface area (Å²) >= 11 is 1.61. The number of carbonyl (C=O) groups is 1. The van der Waals surface area contributed by atoms with Crippen LogP contribution in [0.2, 0.25) is 0 Å². The predicted molar refractivity (Wildman–Crippen MR) is 112 cm³/mol. The Morgan fingerprint density at radius 3 is 2.54 bits per heavy atom. The number of alkyl carbamates (subject to hydrolysis) is 1. The summed E-state index contributed by atoms with van der Waals surface area (Å²) in [4.78, 5) is 12.4. The molecule has 2 aromatic rings. The van der Waals surface area contributed by atoms with E-state index in [9.17, 15) is 4.79 Å². The lowest BCUT2D eigenvalue weighted by molar-refractivity contribution is 0.0503. The van der Waals surface area contributed by atoms with Crippen molar-refractivity contribution in [2.45, 2.75) is 76.9 Å². The lowest BCUT2D eigenvalue weighted by Gasteiger charge is -2.23. The van der Waals surface area contributed by atoms with E-state index in [1.807, 2.05) is 45.0 Å². The van der Waals surface area contributed by atoms with Crippen LogP contribution < -0.4 is 11.1 Å². The zero-order chi connectivity index (χ0) is 20.1. The van der Waals surface area contributed by atoms with Crippen molar-refractivity contribution in [2.75, 3.05) is 5.73 Å². The van der Waals surface area contributed by atoms with Gasteiger partial charge in [0.05, 0.1) is 6.04 Å². The Hall–Kier alpha value is -2.15. The van der Waals surface area contributed by atoms with Crippen molar-refractivity contribution in [1.82, 2.24) is 15.5 Å². The van der Waals surface area contributed by atoms with E-state index in [1.54, 1.807) is 11.3 Å². The first-order valence-electron chi connectivity index (χ1n) is 9.97. The van der Waals surface area contributed by atoms with Crippen LogP contribution in [0.15, 0.2) is 24.3 Å². The number of hydrogen-bond donors (Lipinski definition) is 2. The molecule has 7 heteroatoms. The van der Waals surface area contributed by atoms with Crippen LogP contribution in [0.5, 0.6) is 0 Å². The number of nitrogens with two attached hydrogens (primary N) is 1. The number of nitrogens with one attached hydrogen (secondary N) is 1. The SMILES string of the molecule is CC(C)(C)OC(=O)N[C@@H](Cc1ccc(N)cc1)c1nnc(C2CCCCC2)s1. The number of ether oxygens (including phenoxy) is 1. The Kier molecular flexibility index (Phi) is 6.54. The summed E-state index contributed by atoms with van der Waals surface area (Å²) in [6, 6.07) is 7.40. The fourth-order valence-corrected chi connectivity index (χ4v) is 4.51. The number of amides is 1. The molecule has 1 aliphatic rings. The Bertz CT molecular complexity index is 776. The molecule has 1 aromatic carbocycles. The number of nitrogen functional groups attached to an aromatic ring is 1. The predicted octanol–water partition coefficient (Wildman–Crippen LogP) is 4.98. The van der Waals surface area contributed by atoms with Gasteiger partial charge in [-0.25, -0.2) is 4.79 Å². The first-order valence-corrected chi connectivity index (χ1v) is 10.8. The number of nitrogens with zero attached hydrogens (tertiary/aromatic N) is 2. The Balaban J connectivity index is 1.77. The van der Waals surface area contributed by atoms with Crippen LogP contribution in [0.1, 0.15) is 80.4 Å². The maximum absolute atomic E-state index is 12.4. The smallest absolute Gasteiger partial charge is 0.408 e. The molecule has 3 N–H and O–H groups in total. The topological polar surface area (TPSA) is 90.1 Å². The third-order valence-corrected chi connectivity index (χ3v) is 6.02. The molecule has 1 atom stereocenters. The van der Waals surface area contributed by atoms with Crippen molar-refractivity contribution in [3.05, 3.63) is 39.8 Å². The van der Waals surface area contributed by atoms with Gasteiger partial charge in [0.2, 0.25) is 0 Å². The maximum atomic E-state index is 12.4. The van der Waals surface area contributed by atoms with Gasteiger partial charge in [-0.3, -0.25) is 0 Å². The molecule has 1 amide bonds. The quantitative estimate of drug-likeness (QED) is 0.689. The molecule has 28 heavy (non-hydrogen) atoms. The first-order chi connectivity index (χ1) is 13.3. The zero-order valence-corrected chi connectivity index (χ0v) is 17.7. The molecule has 0 aliphatic heterocycles. The maximum Gasteiger partial charge on any atom is 0.408 e. The molecule has 3 rings (SSSR count). The van der Waals surface area contributed by atoms with E-state index in [0.29, 0.717) is 12.3 Å². The van der Waals surface area contributed by atoms with Crippen LogP contribution >= 0.6 is 11.3 Å². The molecule has 1 saturated carbocycles. The van der Waals surface area contributed by atoms with Gasteiger partial charge < -0.3 is 15.8 Å². The van der Waals surface area contributed by atoms with Gasteiger partial charge in [0.1, 0.15) is 15.6 Å². The first kappa shape index (κ1) is 20.6. The second-order valence-electron chi connectivity index (χ2n) is 8.46. The van der Waals surface area contributed by atoms with Crippen LogP contribution in [-0.4, -0.2) is 21.9 Å². The Morgan fingerprint density at radius 2 is 1.89 bits per heavy atom. The molecule has 0 bridgehead atoms. The standard InChI is InChI=1S/C21H30N4O2S/c1-21(2,3)27-20(26)23-17(13-14-9-11-16(22)12-10-14)19-25-24-18(28-19)15-7-5-4-6-8-15/h9-12,15,17H,4-8,13,22H2,1-3H3,(H,23,26)/t17-/m0/s1. The lowest BCUT2D eigenvalue weighted by Crippen LogP contribution is -2.35. The second-order valence-corrected chi connectivity index (χ2v) is 9.50. The summed E-state index contributed by atoms with van der Waals surface area (Å²) in [6.45, 7) is 5.56. The summed E-state index contributed by atoms with van der Waals surface area (Å²) in [5, 5.41) is 13.8. The van der Waals surface area contributed by atoms with Crippen molar-refractivity contribution >= 4 is 23.1 Å². The van der Waals surface area contributed by atoms with E-state index in [1.165, 1.54) is 32.1 Å². The number of aromatic nitrogens is 2. The number of carbonyl (C=O) groups excluding carboxylic acids is 1. The summed E-state index contributed by atoms with van der Waals surface area (Å²) in [7, 11) is 0. The van der Waals surface area contributed by atoms with Gasteiger partial charge in [-0.1, -0.05) is 42.7 Å². The molecule has 152 valence electrons. The van der Waals surface area contributed by atoms with Gasteiger partial charge in [0.15, 0.2) is 0 Å².